The van der Waals surface area contributed by atoms with Crippen molar-refractivity contribution in [3.05, 3.63) is 93.6 Å². The van der Waals surface area contributed by atoms with Gasteiger partial charge < -0.3 is 19.4 Å². The number of carbonyl (C=O) groups is 2. The number of carbonyl (C=O) groups excluding carboxylic acids is 2. The Morgan fingerprint density at radius 1 is 1.03 bits per heavy atom. The van der Waals surface area contributed by atoms with Crippen LogP contribution in [0.1, 0.15) is 35.3 Å². The first-order valence-electron chi connectivity index (χ1n) is 12.4. The van der Waals surface area contributed by atoms with Gasteiger partial charge in [0.25, 0.3) is 11.8 Å². The lowest BCUT2D eigenvalue weighted by molar-refractivity contribution is -0.123. The van der Waals surface area contributed by atoms with Crippen molar-refractivity contribution in [1.29, 1.82) is 0 Å². The zero-order valence-corrected chi connectivity index (χ0v) is 22.8. The molecule has 2 heterocycles. The number of hydrogen-bond acceptors (Lipinski definition) is 5. The van der Waals surface area contributed by atoms with Crippen molar-refractivity contribution in [2.45, 2.75) is 26.4 Å². The number of hydrogen-bond donors (Lipinski definition) is 2. The van der Waals surface area contributed by atoms with Crippen LogP contribution in [0, 0.1) is 5.92 Å². The molecule has 0 radical (unpaired) electrons. The van der Waals surface area contributed by atoms with Gasteiger partial charge in [-0.2, -0.15) is 5.10 Å². The fraction of sp³-hybridized carbons (Fsp3) is 0.207. The average Bonchev–Trinajstić information content (AvgIpc) is 3.53. The maximum absolute atomic E-state index is 13.0. The summed E-state index contributed by atoms with van der Waals surface area (Å²) in [5.41, 5.74) is 5.79. The van der Waals surface area contributed by atoms with Gasteiger partial charge in [-0.05, 0) is 47.9 Å². The Balaban J connectivity index is 1.29. The van der Waals surface area contributed by atoms with Gasteiger partial charge in [0.15, 0.2) is 11.5 Å². The highest BCUT2D eigenvalue weighted by molar-refractivity contribution is 6.42. The lowest BCUT2D eigenvalue weighted by atomic mass is 10.0. The fourth-order valence-electron chi connectivity index (χ4n) is 4.38. The van der Waals surface area contributed by atoms with Crippen LogP contribution in [0.25, 0.3) is 10.9 Å². The van der Waals surface area contributed by atoms with Crippen LogP contribution in [-0.4, -0.2) is 35.4 Å². The molecular weight excluding hydrogens is 539 g/mol. The molecule has 0 aliphatic carbocycles. The van der Waals surface area contributed by atoms with Gasteiger partial charge in [0.05, 0.1) is 16.3 Å². The van der Waals surface area contributed by atoms with Crippen LogP contribution in [0.4, 0.5) is 0 Å². The number of nitrogens with zero attached hydrogens (tertiary/aromatic N) is 2. The zero-order valence-electron chi connectivity index (χ0n) is 21.3. The fourth-order valence-corrected chi connectivity index (χ4v) is 4.70. The third-order valence-corrected chi connectivity index (χ3v) is 7.14. The number of para-hydroxylation sites is 1. The largest absolute Gasteiger partial charge is 0.454 e. The van der Waals surface area contributed by atoms with Crippen LogP contribution in [0.2, 0.25) is 10.0 Å². The van der Waals surface area contributed by atoms with E-state index in [1.54, 1.807) is 30.5 Å². The van der Waals surface area contributed by atoms with Crippen molar-refractivity contribution >= 4 is 52.1 Å². The van der Waals surface area contributed by atoms with E-state index in [9.17, 15) is 9.59 Å². The van der Waals surface area contributed by atoms with Crippen LogP contribution >= 0.6 is 23.2 Å². The monoisotopic (exact) mass is 564 g/mol. The van der Waals surface area contributed by atoms with Crippen LogP contribution in [0.5, 0.6) is 11.5 Å². The van der Waals surface area contributed by atoms with E-state index in [0.717, 1.165) is 22.0 Å². The molecule has 0 unspecified atom stereocenters. The predicted octanol–water partition coefficient (Wildman–Crippen LogP) is 5.63. The number of fused-ring (bicyclic) bond motifs is 2. The van der Waals surface area contributed by atoms with Crippen LogP contribution in [0.15, 0.2) is 72.0 Å². The Labute approximate surface area is 235 Å². The molecule has 3 aromatic carbocycles. The van der Waals surface area contributed by atoms with E-state index in [4.69, 9.17) is 32.7 Å². The van der Waals surface area contributed by atoms with Crippen molar-refractivity contribution in [1.82, 2.24) is 15.3 Å². The molecule has 10 heteroatoms. The molecule has 0 saturated heterocycles. The number of benzene rings is 3. The summed E-state index contributed by atoms with van der Waals surface area (Å²) >= 11 is 12.3. The molecule has 5 rings (SSSR count). The second-order valence-electron chi connectivity index (χ2n) is 9.48. The Hall–Kier alpha value is -4.01. The first-order chi connectivity index (χ1) is 18.8. The summed E-state index contributed by atoms with van der Waals surface area (Å²) in [7, 11) is 0. The van der Waals surface area contributed by atoms with Crippen LogP contribution in [0.3, 0.4) is 0 Å². The minimum atomic E-state index is -0.795. The van der Waals surface area contributed by atoms with Crippen molar-refractivity contribution < 1.29 is 19.1 Å². The summed E-state index contributed by atoms with van der Waals surface area (Å²) in [4.78, 5) is 25.8. The van der Waals surface area contributed by atoms with E-state index < -0.39 is 17.9 Å². The molecule has 8 nitrogen and oxygen atoms in total. The number of ether oxygens (including phenoxy) is 2. The first kappa shape index (κ1) is 26.6. The molecule has 1 atom stereocenters. The van der Waals surface area contributed by atoms with Gasteiger partial charge in [-0.15, -0.1) is 0 Å². The minimum absolute atomic E-state index is 0.115. The quantitative estimate of drug-likeness (QED) is 0.214. The standard InChI is InChI=1S/C29H26Cl2N4O4/c1-17(2)27(33-28(36)19-8-10-25-26(12-19)39-16-38-25)29(37)34-32-13-20-15-35(24-6-4-3-5-21(20)24)14-18-7-9-22(30)23(31)11-18/h3-13,15,17,27H,14,16H2,1-2H3,(H,33,36)(H,34,37)/b32-13-/t27-/m0/s1. The van der Waals surface area contributed by atoms with Gasteiger partial charge in [0.1, 0.15) is 6.04 Å². The molecule has 2 N–H and O–H groups in total. The Bertz CT molecular complexity index is 1580. The molecule has 39 heavy (non-hydrogen) atoms. The third kappa shape index (κ3) is 5.87. The second kappa shape index (κ2) is 11.4. The van der Waals surface area contributed by atoms with Gasteiger partial charge in [-0.25, -0.2) is 5.43 Å². The summed E-state index contributed by atoms with van der Waals surface area (Å²) in [6.07, 6.45) is 3.56. The SMILES string of the molecule is CC(C)[C@H](NC(=O)c1ccc2c(c1)OCO2)C(=O)N/N=C\c1cn(Cc2ccc(Cl)c(Cl)c2)c2ccccc12. The molecule has 1 aliphatic heterocycles. The number of amides is 2. The van der Waals surface area contributed by atoms with Gasteiger partial charge >= 0.3 is 0 Å². The zero-order chi connectivity index (χ0) is 27.5. The highest BCUT2D eigenvalue weighted by Gasteiger charge is 2.25. The Kier molecular flexibility index (Phi) is 7.77. The molecule has 0 fully saturated rings. The lowest BCUT2D eigenvalue weighted by Gasteiger charge is -2.20. The molecule has 0 saturated carbocycles. The molecule has 200 valence electrons. The molecule has 0 bridgehead atoms. The first-order valence-corrected chi connectivity index (χ1v) is 13.1. The molecule has 1 aromatic heterocycles. The summed E-state index contributed by atoms with van der Waals surface area (Å²) in [5.74, 6) is 0.0890. The second-order valence-corrected chi connectivity index (χ2v) is 10.3. The van der Waals surface area contributed by atoms with Gasteiger partial charge in [-0.3, -0.25) is 9.59 Å². The number of aromatic nitrogens is 1. The molecule has 1 aliphatic rings. The van der Waals surface area contributed by atoms with Gasteiger partial charge in [0.2, 0.25) is 6.79 Å². The number of halogens is 2. The van der Waals surface area contributed by atoms with Crippen molar-refractivity contribution in [3.63, 3.8) is 0 Å². The van der Waals surface area contributed by atoms with Gasteiger partial charge in [-0.1, -0.05) is 61.3 Å². The average molecular weight is 565 g/mol. The minimum Gasteiger partial charge on any atom is -0.454 e. The van der Waals surface area contributed by atoms with Crippen molar-refractivity contribution in [2.24, 2.45) is 11.0 Å². The molecule has 0 spiro atoms. The lowest BCUT2D eigenvalue weighted by Crippen LogP contribution is -2.48. The molecule has 2 amide bonds. The summed E-state index contributed by atoms with van der Waals surface area (Å²) in [6, 6.07) is 17.6. The van der Waals surface area contributed by atoms with Gasteiger partial charge in [0, 0.05) is 34.8 Å². The van der Waals surface area contributed by atoms with Crippen molar-refractivity contribution in [3.8, 4) is 11.5 Å². The molecule has 4 aromatic rings. The van der Waals surface area contributed by atoms with E-state index in [-0.39, 0.29) is 12.7 Å². The Morgan fingerprint density at radius 2 is 1.82 bits per heavy atom. The summed E-state index contributed by atoms with van der Waals surface area (Å²) in [5, 5.41) is 8.99. The topological polar surface area (TPSA) is 93.9 Å². The predicted molar refractivity (Wildman–Crippen MR) is 152 cm³/mol. The van der Waals surface area contributed by atoms with Crippen LogP contribution < -0.4 is 20.2 Å². The summed E-state index contributed by atoms with van der Waals surface area (Å²) < 4.78 is 12.7. The normalized spacial score (nSPS) is 13.3. The van der Waals surface area contributed by atoms with E-state index >= 15 is 0 Å². The highest BCUT2D eigenvalue weighted by atomic mass is 35.5. The maximum atomic E-state index is 13.0. The van der Waals surface area contributed by atoms with Crippen LogP contribution in [-0.2, 0) is 11.3 Å². The maximum Gasteiger partial charge on any atom is 0.262 e. The number of hydrazone groups is 1. The third-order valence-electron chi connectivity index (χ3n) is 6.41. The number of rotatable bonds is 8. The van der Waals surface area contributed by atoms with E-state index in [2.05, 4.69) is 20.4 Å². The summed E-state index contributed by atoms with van der Waals surface area (Å²) in [6.45, 7) is 4.40. The smallest absolute Gasteiger partial charge is 0.262 e. The van der Waals surface area contributed by atoms with E-state index in [1.165, 1.54) is 0 Å². The highest BCUT2D eigenvalue weighted by Crippen LogP contribution is 2.32. The molecular formula is C29H26Cl2N4O4. The van der Waals surface area contributed by atoms with E-state index in [1.807, 2.05) is 56.4 Å². The van der Waals surface area contributed by atoms with E-state index in [0.29, 0.717) is 33.7 Å². The number of nitrogens with one attached hydrogen (secondary N) is 2. The van der Waals surface area contributed by atoms with Crippen molar-refractivity contribution in [2.75, 3.05) is 6.79 Å². The Morgan fingerprint density at radius 3 is 2.62 bits per heavy atom.